The fourth-order valence-corrected chi connectivity index (χ4v) is 3.33. The standard InChI is InChI=1S/C20H24N2O7S/c1-13(2)10-16(21)19(24)22(20(25)29-12-14-6-4-3-5-7-14)15-8-9-17(23)18(11-15)30(26,27)28/h3-9,11,13,16,23H,10,12,21H2,1-2H3,(H,26,27,28)/t16-/m0/s1. The quantitative estimate of drug-likeness (QED) is 0.561. The fourth-order valence-electron chi connectivity index (χ4n) is 2.73. The van der Waals surface area contributed by atoms with Crippen molar-refractivity contribution in [3.63, 3.8) is 0 Å². The molecule has 0 aliphatic rings. The summed E-state index contributed by atoms with van der Waals surface area (Å²) in [4.78, 5) is 25.4. The number of amides is 2. The normalized spacial score (nSPS) is 12.4. The Labute approximate surface area is 174 Å². The number of carbonyl (C=O) groups excluding carboxylic acids is 2. The van der Waals surface area contributed by atoms with Crippen LogP contribution in [0.25, 0.3) is 0 Å². The molecule has 0 spiro atoms. The molecule has 0 aliphatic carbocycles. The van der Waals surface area contributed by atoms with Crippen LogP contribution in [0.2, 0.25) is 0 Å². The zero-order valence-electron chi connectivity index (χ0n) is 16.6. The van der Waals surface area contributed by atoms with Crippen molar-refractivity contribution in [3.05, 3.63) is 54.1 Å². The van der Waals surface area contributed by atoms with E-state index in [-0.39, 0.29) is 24.6 Å². The first kappa shape index (κ1) is 23.3. The Morgan fingerprint density at radius 3 is 2.33 bits per heavy atom. The molecule has 2 aromatic carbocycles. The first-order valence-corrected chi connectivity index (χ1v) is 10.6. The van der Waals surface area contributed by atoms with E-state index in [4.69, 9.17) is 10.5 Å². The summed E-state index contributed by atoms with van der Waals surface area (Å²) in [6.07, 6.45) is -0.806. The van der Waals surface area contributed by atoms with Crippen molar-refractivity contribution in [1.82, 2.24) is 0 Å². The van der Waals surface area contributed by atoms with Crippen LogP contribution in [0.1, 0.15) is 25.8 Å². The predicted octanol–water partition coefficient (Wildman–Crippen LogP) is 2.68. The van der Waals surface area contributed by atoms with Gasteiger partial charge in [-0.25, -0.2) is 9.69 Å². The highest BCUT2D eigenvalue weighted by Crippen LogP contribution is 2.29. The number of carbonyl (C=O) groups is 2. The van der Waals surface area contributed by atoms with E-state index in [9.17, 15) is 27.7 Å². The van der Waals surface area contributed by atoms with E-state index in [0.29, 0.717) is 10.5 Å². The molecule has 0 heterocycles. The van der Waals surface area contributed by atoms with Gasteiger partial charge in [0, 0.05) is 0 Å². The SMILES string of the molecule is CC(C)C[C@H](N)C(=O)N(C(=O)OCc1ccccc1)c1ccc(O)c(S(=O)(=O)O)c1. The molecule has 0 bridgehead atoms. The second-order valence-electron chi connectivity index (χ2n) is 7.08. The molecule has 9 nitrogen and oxygen atoms in total. The van der Waals surface area contributed by atoms with Crippen LogP contribution in [0.4, 0.5) is 10.5 Å². The Kier molecular flexibility index (Phi) is 7.54. The van der Waals surface area contributed by atoms with Crippen molar-refractivity contribution in [2.24, 2.45) is 11.7 Å². The van der Waals surface area contributed by atoms with Crippen molar-refractivity contribution in [2.45, 2.75) is 37.8 Å². The summed E-state index contributed by atoms with van der Waals surface area (Å²) in [6, 6.07) is 10.6. The van der Waals surface area contributed by atoms with Gasteiger partial charge in [-0.05, 0) is 36.1 Å². The van der Waals surface area contributed by atoms with Crippen molar-refractivity contribution >= 4 is 27.8 Å². The van der Waals surface area contributed by atoms with Crippen molar-refractivity contribution in [1.29, 1.82) is 0 Å². The smallest absolute Gasteiger partial charge is 0.421 e. The number of aromatic hydroxyl groups is 1. The van der Waals surface area contributed by atoms with E-state index >= 15 is 0 Å². The summed E-state index contributed by atoms with van der Waals surface area (Å²) < 4.78 is 37.5. The number of hydrogen-bond donors (Lipinski definition) is 3. The van der Waals surface area contributed by atoms with Gasteiger partial charge in [-0.3, -0.25) is 9.35 Å². The molecule has 0 radical (unpaired) electrons. The number of benzene rings is 2. The number of hydrogen-bond acceptors (Lipinski definition) is 7. The molecule has 0 saturated heterocycles. The van der Waals surface area contributed by atoms with Crippen LogP contribution in [-0.4, -0.2) is 36.1 Å². The molecule has 0 unspecified atom stereocenters. The van der Waals surface area contributed by atoms with Gasteiger partial charge in [-0.2, -0.15) is 8.42 Å². The topological polar surface area (TPSA) is 147 Å². The highest BCUT2D eigenvalue weighted by molar-refractivity contribution is 7.86. The number of phenolic OH excluding ortho intramolecular Hbond substituents is 1. The Hall–Kier alpha value is -2.95. The lowest BCUT2D eigenvalue weighted by Gasteiger charge is -2.24. The van der Waals surface area contributed by atoms with Crippen molar-refractivity contribution < 1.29 is 32.4 Å². The number of rotatable bonds is 7. The Balaban J connectivity index is 2.40. The number of nitrogens with zero attached hydrogens (tertiary/aromatic N) is 1. The predicted molar refractivity (Wildman–Crippen MR) is 109 cm³/mol. The van der Waals surface area contributed by atoms with Gasteiger partial charge in [-0.15, -0.1) is 0 Å². The number of ether oxygens (including phenoxy) is 1. The Morgan fingerprint density at radius 1 is 1.13 bits per heavy atom. The minimum atomic E-state index is -4.81. The van der Waals surface area contributed by atoms with E-state index in [2.05, 4.69) is 0 Å². The lowest BCUT2D eigenvalue weighted by atomic mass is 10.0. The first-order valence-electron chi connectivity index (χ1n) is 9.11. The molecule has 4 N–H and O–H groups in total. The molecule has 0 aromatic heterocycles. The van der Waals surface area contributed by atoms with Crippen LogP contribution >= 0.6 is 0 Å². The largest absolute Gasteiger partial charge is 0.506 e. The van der Waals surface area contributed by atoms with Gasteiger partial charge in [0.2, 0.25) is 0 Å². The van der Waals surface area contributed by atoms with Crippen LogP contribution in [0, 0.1) is 5.92 Å². The molecule has 0 aliphatic heterocycles. The second-order valence-corrected chi connectivity index (χ2v) is 8.47. The molecule has 10 heteroatoms. The average Bonchev–Trinajstić information content (AvgIpc) is 2.67. The number of nitrogens with two attached hydrogens (primary N) is 1. The van der Waals surface area contributed by atoms with Crippen LogP contribution < -0.4 is 10.6 Å². The molecule has 30 heavy (non-hydrogen) atoms. The van der Waals surface area contributed by atoms with Gasteiger partial charge in [-0.1, -0.05) is 44.2 Å². The van der Waals surface area contributed by atoms with Gasteiger partial charge in [0.05, 0.1) is 11.7 Å². The zero-order chi connectivity index (χ0) is 22.5. The highest BCUT2D eigenvalue weighted by Gasteiger charge is 2.31. The zero-order valence-corrected chi connectivity index (χ0v) is 17.4. The van der Waals surface area contributed by atoms with Crippen LogP contribution in [0.5, 0.6) is 5.75 Å². The monoisotopic (exact) mass is 436 g/mol. The second kappa shape index (κ2) is 9.70. The minimum Gasteiger partial charge on any atom is -0.506 e. The van der Waals surface area contributed by atoms with Gasteiger partial charge >= 0.3 is 6.09 Å². The van der Waals surface area contributed by atoms with E-state index in [0.717, 1.165) is 18.2 Å². The number of imide groups is 1. The highest BCUT2D eigenvalue weighted by atomic mass is 32.2. The summed E-state index contributed by atoms with van der Waals surface area (Å²) >= 11 is 0. The van der Waals surface area contributed by atoms with E-state index in [1.165, 1.54) is 0 Å². The third-order valence-corrected chi connectivity index (χ3v) is 5.01. The average molecular weight is 436 g/mol. The van der Waals surface area contributed by atoms with E-state index < -0.39 is 38.8 Å². The van der Waals surface area contributed by atoms with E-state index in [1.807, 2.05) is 13.8 Å². The minimum absolute atomic E-state index is 0.0549. The van der Waals surface area contributed by atoms with Crippen molar-refractivity contribution in [3.8, 4) is 5.75 Å². The molecule has 1 atom stereocenters. The van der Waals surface area contributed by atoms with E-state index in [1.54, 1.807) is 30.3 Å². The lowest BCUT2D eigenvalue weighted by molar-refractivity contribution is -0.119. The molecule has 0 saturated carbocycles. The molecular weight excluding hydrogens is 412 g/mol. The van der Waals surface area contributed by atoms with Gasteiger partial charge < -0.3 is 15.6 Å². The summed E-state index contributed by atoms with van der Waals surface area (Å²) in [5.41, 5.74) is 6.39. The summed E-state index contributed by atoms with van der Waals surface area (Å²) in [6.45, 7) is 3.57. The molecule has 2 aromatic rings. The first-order chi connectivity index (χ1) is 14.0. The maximum Gasteiger partial charge on any atom is 0.421 e. The third kappa shape index (κ3) is 6.02. The van der Waals surface area contributed by atoms with Gasteiger partial charge in [0.25, 0.3) is 16.0 Å². The Bertz CT molecular complexity index is 1010. The molecule has 0 fully saturated rings. The number of anilines is 1. The van der Waals surface area contributed by atoms with Crippen LogP contribution in [0.3, 0.4) is 0 Å². The summed E-state index contributed by atoms with van der Waals surface area (Å²) in [5.74, 6) is -1.49. The van der Waals surface area contributed by atoms with Crippen LogP contribution in [0.15, 0.2) is 53.4 Å². The maximum absolute atomic E-state index is 12.9. The summed E-state index contributed by atoms with van der Waals surface area (Å²) in [7, 11) is -4.81. The Morgan fingerprint density at radius 2 is 1.77 bits per heavy atom. The molecular formula is C20H24N2O7S. The third-order valence-electron chi connectivity index (χ3n) is 4.13. The van der Waals surface area contributed by atoms with Crippen LogP contribution in [-0.2, 0) is 26.3 Å². The molecule has 162 valence electrons. The van der Waals surface area contributed by atoms with Gasteiger partial charge in [0.15, 0.2) is 0 Å². The lowest BCUT2D eigenvalue weighted by Crippen LogP contribution is -2.47. The fraction of sp³-hybridized carbons (Fsp3) is 0.300. The van der Waals surface area contributed by atoms with Crippen molar-refractivity contribution in [2.75, 3.05) is 4.90 Å². The molecule has 2 rings (SSSR count). The summed E-state index contributed by atoms with van der Waals surface area (Å²) in [5, 5.41) is 9.73. The van der Waals surface area contributed by atoms with Gasteiger partial charge in [0.1, 0.15) is 17.3 Å². The number of phenols is 1. The maximum atomic E-state index is 12.9. The molecule has 2 amide bonds.